The summed E-state index contributed by atoms with van der Waals surface area (Å²) in [4.78, 5) is 32.0. The van der Waals surface area contributed by atoms with Crippen molar-refractivity contribution in [1.29, 1.82) is 0 Å². The van der Waals surface area contributed by atoms with Crippen LogP contribution < -0.4 is 0 Å². The van der Waals surface area contributed by atoms with Gasteiger partial charge in [-0.25, -0.2) is 0 Å². The summed E-state index contributed by atoms with van der Waals surface area (Å²) in [7, 11) is 0. The normalized spacial score (nSPS) is 15.8. The number of pyridine rings is 1. The van der Waals surface area contributed by atoms with Gasteiger partial charge in [-0.15, -0.1) is 0 Å². The van der Waals surface area contributed by atoms with Crippen molar-refractivity contribution >= 4 is 11.8 Å². The highest BCUT2D eigenvalue weighted by Crippen LogP contribution is 2.09. The lowest BCUT2D eigenvalue weighted by Crippen LogP contribution is -2.37. The lowest BCUT2D eigenvalue weighted by Gasteiger charge is -2.21. The fourth-order valence-electron chi connectivity index (χ4n) is 2.39. The van der Waals surface area contributed by atoms with Crippen molar-refractivity contribution in [2.24, 2.45) is 0 Å². The molecule has 0 radical (unpaired) electrons. The van der Waals surface area contributed by atoms with Crippen molar-refractivity contribution in [2.75, 3.05) is 26.2 Å². The highest BCUT2D eigenvalue weighted by Gasteiger charge is 2.22. The van der Waals surface area contributed by atoms with Gasteiger partial charge in [-0.05, 0) is 25.0 Å². The number of hydrogen-bond donors (Lipinski definition) is 0. The minimum absolute atomic E-state index is 0.0459. The summed E-state index contributed by atoms with van der Waals surface area (Å²) in [6.45, 7) is 4.64. The predicted molar refractivity (Wildman–Crippen MR) is 76.2 cm³/mol. The minimum atomic E-state index is -0.0459. The van der Waals surface area contributed by atoms with Gasteiger partial charge in [-0.2, -0.15) is 0 Å². The van der Waals surface area contributed by atoms with Gasteiger partial charge in [0.05, 0.1) is 0 Å². The van der Waals surface area contributed by atoms with E-state index in [1.807, 2.05) is 17.9 Å². The van der Waals surface area contributed by atoms with E-state index in [-0.39, 0.29) is 11.8 Å². The number of carbonyl (C=O) groups is 2. The Morgan fingerprint density at radius 3 is 2.60 bits per heavy atom. The molecule has 2 heterocycles. The van der Waals surface area contributed by atoms with Crippen LogP contribution in [0.1, 0.15) is 36.7 Å². The Morgan fingerprint density at radius 2 is 1.90 bits per heavy atom. The summed E-state index contributed by atoms with van der Waals surface area (Å²) in [6.07, 6.45) is 3.91. The molecule has 2 rings (SSSR count). The van der Waals surface area contributed by atoms with Gasteiger partial charge in [-0.1, -0.05) is 13.0 Å². The third-order valence-electron chi connectivity index (χ3n) is 3.48. The zero-order valence-electron chi connectivity index (χ0n) is 11.9. The topological polar surface area (TPSA) is 53.5 Å². The molecule has 5 heteroatoms. The maximum absolute atomic E-state index is 12.3. The van der Waals surface area contributed by atoms with E-state index >= 15 is 0 Å². The minimum Gasteiger partial charge on any atom is -0.341 e. The third-order valence-corrected chi connectivity index (χ3v) is 3.48. The Labute approximate surface area is 119 Å². The average Bonchev–Trinajstić information content (AvgIpc) is 2.73. The average molecular weight is 275 g/mol. The molecular weight excluding hydrogens is 254 g/mol. The standard InChI is InChI=1S/C15H21N3O2/c1-2-6-14(19)17-9-5-10-18(12-11-17)15(20)13-7-3-4-8-16-13/h3-4,7-8H,2,5-6,9-12H2,1H3. The summed E-state index contributed by atoms with van der Waals surface area (Å²) in [5.41, 5.74) is 0.473. The second-order valence-electron chi connectivity index (χ2n) is 4.99. The van der Waals surface area contributed by atoms with Crippen LogP contribution >= 0.6 is 0 Å². The number of nitrogens with zero attached hydrogens (tertiary/aromatic N) is 3. The first kappa shape index (κ1) is 14.5. The molecule has 1 fully saturated rings. The van der Waals surface area contributed by atoms with Crippen LogP contribution in [0.25, 0.3) is 0 Å². The van der Waals surface area contributed by atoms with Crippen LogP contribution in [0.3, 0.4) is 0 Å². The molecule has 0 unspecified atom stereocenters. The van der Waals surface area contributed by atoms with Crippen molar-refractivity contribution in [3.8, 4) is 0 Å². The molecule has 0 bridgehead atoms. The van der Waals surface area contributed by atoms with E-state index in [0.717, 1.165) is 19.4 Å². The molecule has 20 heavy (non-hydrogen) atoms. The molecule has 0 aromatic carbocycles. The van der Waals surface area contributed by atoms with Gasteiger partial charge in [0, 0.05) is 38.8 Å². The second-order valence-corrected chi connectivity index (χ2v) is 4.99. The zero-order chi connectivity index (χ0) is 14.4. The lowest BCUT2D eigenvalue weighted by atomic mass is 10.3. The zero-order valence-corrected chi connectivity index (χ0v) is 11.9. The largest absolute Gasteiger partial charge is 0.341 e. The lowest BCUT2D eigenvalue weighted by molar-refractivity contribution is -0.131. The van der Waals surface area contributed by atoms with Gasteiger partial charge in [0.1, 0.15) is 5.69 Å². The van der Waals surface area contributed by atoms with Gasteiger partial charge in [0.15, 0.2) is 0 Å². The van der Waals surface area contributed by atoms with Gasteiger partial charge < -0.3 is 9.80 Å². The Balaban J connectivity index is 1.96. The second kappa shape index (κ2) is 7.03. The number of amides is 2. The number of rotatable bonds is 3. The van der Waals surface area contributed by atoms with E-state index in [1.54, 1.807) is 23.2 Å². The monoisotopic (exact) mass is 275 g/mol. The van der Waals surface area contributed by atoms with E-state index < -0.39 is 0 Å². The maximum atomic E-state index is 12.3. The van der Waals surface area contributed by atoms with Crippen molar-refractivity contribution in [1.82, 2.24) is 14.8 Å². The molecule has 5 nitrogen and oxygen atoms in total. The van der Waals surface area contributed by atoms with Crippen molar-refractivity contribution < 1.29 is 9.59 Å². The SMILES string of the molecule is CCCC(=O)N1CCCN(C(=O)c2ccccn2)CC1. The first-order valence-electron chi connectivity index (χ1n) is 7.20. The highest BCUT2D eigenvalue weighted by atomic mass is 16.2. The van der Waals surface area contributed by atoms with Gasteiger partial charge in [-0.3, -0.25) is 14.6 Å². The summed E-state index contributed by atoms with van der Waals surface area (Å²) in [6, 6.07) is 5.34. The van der Waals surface area contributed by atoms with E-state index in [2.05, 4.69) is 4.98 Å². The summed E-state index contributed by atoms with van der Waals surface area (Å²) >= 11 is 0. The van der Waals surface area contributed by atoms with E-state index in [1.165, 1.54) is 0 Å². The summed E-state index contributed by atoms with van der Waals surface area (Å²) in [5, 5.41) is 0. The summed E-state index contributed by atoms with van der Waals surface area (Å²) < 4.78 is 0. The van der Waals surface area contributed by atoms with Gasteiger partial charge in [0.25, 0.3) is 5.91 Å². The van der Waals surface area contributed by atoms with Crippen LogP contribution in [0.5, 0.6) is 0 Å². The van der Waals surface area contributed by atoms with E-state index in [0.29, 0.717) is 31.7 Å². The first-order valence-corrected chi connectivity index (χ1v) is 7.20. The van der Waals surface area contributed by atoms with Crippen LogP contribution in [0.4, 0.5) is 0 Å². The van der Waals surface area contributed by atoms with Crippen LogP contribution in [-0.2, 0) is 4.79 Å². The third kappa shape index (κ3) is 3.56. The van der Waals surface area contributed by atoms with Crippen LogP contribution in [-0.4, -0.2) is 52.8 Å². The quantitative estimate of drug-likeness (QED) is 0.841. The van der Waals surface area contributed by atoms with Gasteiger partial charge in [0.2, 0.25) is 5.91 Å². The molecular formula is C15H21N3O2. The Hall–Kier alpha value is -1.91. The smallest absolute Gasteiger partial charge is 0.272 e. The molecule has 0 atom stereocenters. The van der Waals surface area contributed by atoms with Crippen LogP contribution in [0.2, 0.25) is 0 Å². The van der Waals surface area contributed by atoms with E-state index in [4.69, 9.17) is 0 Å². The maximum Gasteiger partial charge on any atom is 0.272 e. The first-order chi connectivity index (χ1) is 9.72. The fourth-order valence-corrected chi connectivity index (χ4v) is 2.39. The fraction of sp³-hybridized carbons (Fsp3) is 0.533. The summed E-state index contributed by atoms with van der Waals surface area (Å²) in [5.74, 6) is 0.148. The van der Waals surface area contributed by atoms with Gasteiger partial charge >= 0.3 is 0 Å². The molecule has 1 aliphatic heterocycles. The molecule has 0 spiro atoms. The molecule has 108 valence electrons. The predicted octanol–water partition coefficient (Wildman–Crippen LogP) is 1.56. The molecule has 0 N–H and O–H groups in total. The molecule has 0 aliphatic carbocycles. The van der Waals surface area contributed by atoms with Crippen LogP contribution in [0, 0.1) is 0 Å². The van der Waals surface area contributed by atoms with Crippen molar-refractivity contribution in [3.05, 3.63) is 30.1 Å². The highest BCUT2D eigenvalue weighted by molar-refractivity contribution is 5.92. The molecule has 1 aromatic rings. The van der Waals surface area contributed by atoms with Crippen molar-refractivity contribution in [3.63, 3.8) is 0 Å². The van der Waals surface area contributed by atoms with Crippen LogP contribution in [0.15, 0.2) is 24.4 Å². The Morgan fingerprint density at radius 1 is 1.15 bits per heavy atom. The van der Waals surface area contributed by atoms with E-state index in [9.17, 15) is 9.59 Å². The van der Waals surface area contributed by atoms with Crippen molar-refractivity contribution in [2.45, 2.75) is 26.2 Å². The molecule has 2 amide bonds. The molecule has 1 aromatic heterocycles. The Bertz CT molecular complexity index is 461. The molecule has 0 saturated carbocycles. The number of aromatic nitrogens is 1. The molecule has 1 saturated heterocycles. The number of hydrogen-bond acceptors (Lipinski definition) is 3. The Kier molecular flexibility index (Phi) is 5.09. The number of carbonyl (C=O) groups excluding carboxylic acids is 2. The molecule has 1 aliphatic rings.